The summed E-state index contributed by atoms with van der Waals surface area (Å²) in [5.41, 5.74) is 0. The third-order valence-corrected chi connectivity index (χ3v) is 4.87. The van der Waals surface area contributed by atoms with Crippen molar-refractivity contribution in [1.29, 1.82) is 0 Å². The molecule has 0 saturated carbocycles. The van der Waals surface area contributed by atoms with Crippen LogP contribution in [0, 0.1) is 0 Å². The van der Waals surface area contributed by atoms with Crippen LogP contribution in [0.4, 0.5) is 0 Å². The normalized spacial score (nSPS) is 34.3. The first-order chi connectivity index (χ1) is 11.2. The zero-order valence-corrected chi connectivity index (χ0v) is 14.5. The second kappa shape index (κ2) is 10.6. The molecule has 0 aromatic carbocycles. The zero-order chi connectivity index (χ0) is 16.5. The van der Waals surface area contributed by atoms with Gasteiger partial charge in [0, 0.05) is 0 Å². The summed E-state index contributed by atoms with van der Waals surface area (Å²) < 4.78 is 16.9. The highest BCUT2D eigenvalue weighted by Crippen LogP contribution is 2.26. The molecule has 3 unspecified atom stereocenters. The van der Waals surface area contributed by atoms with Crippen molar-refractivity contribution >= 4 is 0 Å². The molecule has 0 aromatic heterocycles. The number of ether oxygens (including phenoxy) is 3. The molecular weight excluding hydrogens is 296 g/mol. The van der Waals surface area contributed by atoms with Crippen LogP contribution in [0.2, 0.25) is 0 Å². The van der Waals surface area contributed by atoms with Crippen LogP contribution in [0.5, 0.6) is 0 Å². The number of hydrogen-bond donors (Lipinski definition) is 2. The molecule has 23 heavy (non-hydrogen) atoms. The van der Waals surface area contributed by atoms with Crippen molar-refractivity contribution in [3.8, 4) is 0 Å². The highest BCUT2D eigenvalue weighted by molar-refractivity contribution is 4.90. The van der Waals surface area contributed by atoms with Crippen LogP contribution in [0.3, 0.4) is 0 Å². The Balaban J connectivity index is 1.47. The number of unbranched alkanes of at least 4 members (excludes halogenated alkanes) is 8. The molecule has 5 nitrogen and oxygen atoms in total. The van der Waals surface area contributed by atoms with Gasteiger partial charge in [0.2, 0.25) is 0 Å². The molecule has 0 spiro atoms. The highest BCUT2D eigenvalue weighted by Gasteiger charge is 2.43. The number of aliphatic hydroxyl groups excluding tert-OH is 2. The van der Waals surface area contributed by atoms with Gasteiger partial charge >= 0.3 is 0 Å². The lowest BCUT2D eigenvalue weighted by molar-refractivity contribution is -0.103. The zero-order valence-electron chi connectivity index (χ0n) is 14.5. The van der Waals surface area contributed by atoms with E-state index >= 15 is 0 Å². The SMILES string of the molecule is CCCCCCCCCCCC1OCC([C@H]2OC[C@@H](O)C2O)O1. The van der Waals surface area contributed by atoms with Crippen LogP contribution in [0.25, 0.3) is 0 Å². The molecule has 0 radical (unpaired) electrons. The Kier molecular flexibility index (Phi) is 8.83. The topological polar surface area (TPSA) is 68.2 Å². The second-order valence-corrected chi connectivity index (χ2v) is 6.91. The average Bonchev–Trinajstić information content (AvgIpc) is 3.13. The quantitative estimate of drug-likeness (QED) is 0.570. The smallest absolute Gasteiger partial charge is 0.158 e. The molecule has 2 heterocycles. The molecule has 0 amide bonds. The van der Waals surface area contributed by atoms with Crippen molar-refractivity contribution < 1.29 is 24.4 Å². The Bertz CT molecular complexity index is 312. The predicted molar refractivity (Wildman–Crippen MR) is 88.2 cm³/mol. The fourth-order valence-corrected chi connectivity index (χ4v) is 3.37. The number of rotatable bonds is 11. The van der Waals surface area contributed by atoms with Gasteiger partial charge in [-0.25, -0.2) is 0 Å². The van der Waals surface area contributed by atoms with Crippen molar-refractivity contribution in [1.82, 2.24) is 0 Å². The second-order valence-electron chi connectivity index (χ2n) is 6.91. The maximum Gasteiger partial charge on any atom is 0.158 e. The molecule has 0 aromatic rings. The summed E-state index contributed by atoms with van der Waals surface area (Å²) in [5, 5.41) is 19.4. The molecule has 136 valence electrons. The van der Waals surface area contributed by atoms with Crippen LogP contribution in [-0.2, 0) is 14.2 Å². The molecule has 2 N–H and O–H groups in total. The van der Waals surface area contributed by atoms with Gasteiger partial charge < -0.3 is 24.4 Å². The van der Waals surface area contributed by atoms with Crippen molar-refractivity contribution in [3.63, 3.8) is 0 Å². The molecule has 2 aliphatic heterocycles. The van der Waals surface area contributed by atoms with Crippen LogP contribution in [0.1, 0.15) is 71.1 Å². The van der Waals surface area contributed by atoms with E-state index < -0.39 is 18.3 Å². The van der Waals surface area contributed by atoms with E-state index in [4.69, 9.17) is 14.2 Å². The lowest BCUT2D eigenvalue weighted by atomic mass is 10.1. The number of aliphatic hydroxyl groups is 2. The summed E-state index contributed by atoms with van der Waals surface area (Å²) in [4.78, 5) is 0. The molecule has 2 aliphatic rings. The first kappa shape index (κ1) is 19.1. The summed E-state index contributed by atoms with van der Waals surface area (Å²) in [6.45, 7) is 2.87. The summed E-state index contributed by atoms with van der Waals surface area (Å²) >= 11 is 0. The minimum absolute atomic E-state index is 0.175. The van der Waals surface area contributed by atoms with Crippen LogP contribution in [-0.4, -0.2) is 54.1 Å². The number of hydrogen-bond acceptors (Lipinski definition) is 5. The third kappa shape index (κ3) is 6.31. The van der Waals surface area contributed by atoms with Crippen molar-refractivity contribution in [2.45, 2.75) is 102 Å². The lowest BCUT2D eigenvalue weighted by Gasteiger charge is -2.20. The van der Waals surface area contributed by atoms with E-state index in [2.05, 4.69) is 6.92 Å². The molecule has 0 aliphatic carbocycles. The first-order valence-corrected chi connectivity index (χ1v) is 9.47. The standard InChI is InChI=1S/C18H34O5/c1-2-3-4-5-6-7-8-9-10-11-16-21-13-15(23-16)18-17(20)14(19)12-22-18/h14-20H,2-13H2,1H3/t14-,15?,16?,17?,18-/m1/s1. The van der Waals surface area contributed by atoms with Crippen LogP contribution < -0.4 is 0 Å². The highest BCUT2D eigenvalue weighted by atomic mass is 16.7. The average molecular weight is 330 g/mol. The van der Waals surface area contributed by atoms with E-state index in [1.165, 1.54) is 51.4 Å². The van der Waals surface area contributed by atoms with Gasteiger partial charge in [0.1, 0.15) is 24.4 Å². The lowest BCUT2D eigenvalue weighted by Crippen LogP contribution is -2.39. The van der Waals surface area contributed by atoms with Gasteiger partial charge in [-0.3, -0.25) is 0 Å². The molecule has 5 heteroatoms. The maximum absolute atomic E-state index is 9.84. The van der Waals surface area contributed by atoms with Gasteiger partial charge in [-0.05, 0) is 12.8 Å². The fraction of sp³-hybridized carbons (Fsp3) is 1.00. The Hall–Kier alpha value is -0.200. The summed E-state index contributed by atoms with van der Waals surface area (Å²) in [6.07, 6.45) is 10.1. The van der Waals surface area contributed by atoms with E-state index in [-0.39, 0.29) is 19.0 Å². The van der Waals surface area contributed by atoms with E-state index in [1.54, 1.807) is 0 Å². The monoisotopic (exact) mass is 330 g/mol. The summed E-state index contributed by atoms with van der Waals surface area (Å²) in [5.74, 6) is 0. The third-order valence-electron chi connectivity index (χ3n) is 4.87. The summed E-state index contributed by atoms with van der Waals surface area (Å²) in [6, 6.07) is 0. The van der Waals surface area contributed by atoms with Gasteiger partial charge in [-0.2, -0.15) is 0 Å². The molecule has 2 saturated heterocycles. The van der Waals surface area contributed by atoms with Gasteiger partial charge in [0.05, 0.1) is 13.2 Å². The van der Waals surface area contributed by atoms with E-state index in [0.29, 0.717) is 6.61 Å². The molecule has 0 bridgehead atoms. The minimum Gasteiger partial charge on any atom is -0.388 e. The molecule has 2 rings (SSSR count). The first-order valence-electron chi connectivity index (χ1n) is 9.47. The maximum atomic E-state index is 9.84. The summed E-state index contributed by atoms with van der Waals surface area (Å²) in [7, 11) is 0. The van der Waals surface area contributed by atoms with Crippen molar-refractivity contribution in [2.75, 3.05) is 13.2 Å². The van der Waals surface area contributed by atoms with Gasteiger partial charge in [-0.15, -0.1) is 0 Å². The molecule has 2 fully saturated rings. The molecular formula is C18H34O5. The van der Waals surface area contributed by atoms with Crippen molar-refractivity contribution in [2.24, 2.45) is 0 Å². The van der Waals surface area contributed by atoms with Crippen molar-refractivity contribution in [3.05, 3.63) is 0 Å². The molecule has 5 atom stereocenters. The Morgan fingerprint density at radius 3 is 2.09 bits per heavy atom. The fourth-order valence-electron chi connectivity index (χ4n) is 3.37. The van der Waals surface area contributed by atoms with Gasteiger partial charge in [0.15, 0.2) is 6.29 Å². The van der Waals surface area contributed by atoms with E-state index in [1.807, 2.05) is 0 Å². The van der Waals surface area contributed by atoms with E-state index in [9.17, 15) is 10.2 Å². The van der Waals surface area contributed by atoms with Crippen LogP contribution >= 0.6 is 0 Å². The van der Waals surface area contributed by atoms with Crippen LogP contribution in [0.15, 0.2) is 0 Å². The Morgan fingerprint density at radius 1 is 0.826 bits per heavy atom. The predicted octanol–water partition coefficient (Wildman–Crippen LogP) is 2.77. The Morgan fingerprint density at radius 2 is 1.48 bits per heavy atom. The van der Waals surface area contributed by atoms with Gasteiger partial charge in [0.25, 0.3) is 0 Å². The van der Waals surface area contributed by atoms with E-state index in [0.717, 1.165) is 12.8 Å². The largest absolute Gasteiger partial charge is 0.388 e. The van der Waals surface area contributed by atoms with Gasteiger partial charge in [-0.1, -0.05) is 58.3 Å². The Labute approximate surface area is 140 Å². The minimum atomic E-state index is -0.866.